The van der Waals surface area contributed by atoms with Crippen molar-refractivity contribution < 1.29 is 15.0 Å². The monoisotopic (exact) mass is 442 g/mol. The van der Waals surface area contributed by atoms with Gasteiger partial charge in [0.25, 0.3) is 0 Å². The molecule has 5 heteroatoms. The zero-order valence-corrected chi connectivity index (χ0v) is 18.9. The Kier molecular flexibility index (Phi) is 6.98. The number of carbonyl (C=O) groups excluding carboxylic acids is 1. The molecule has 2 amide bonds. The zero-order valence-electron chi connectivity index (χ0n) is 18.9. The largest absolute Gasteiger partial charge is 0.508 e. The van der Waals surface area contributed by atoms with Crippen LogP contribution in [0.25, 0.3) is 11.1 Å². The van der Waals surface area contributed by atoms with Crippen LogP contribution in [-0.2, 0) is 0 Å². The summed E-state index contributed by atoms with van der Waals surface area (Å²) in [5.41, 5.74) is 5.98. The first kappa shape index (κ1) is 22.5. The normalized spacial score (nSPS) is 14.5. The van der Waals surface area contributed by atoms with Crippen LogP contribution in [0.15, 0.2) is 72.8 Å². The van der Waals surface area contributed by atoms with Gasteiger partial charge in [-0.1, -0.05) is 43.3 Å². The predicted octanol–water partition coefficient (Wildman–Crippen LogP) is 6.48. The van der Waals surface area contributed by atoms with Crippen LogP contribution in [0.4, 0.5) is 10.5 Å². The van der Waals surface area contributed by atoms with Gasteiger partial charge in [-0.15, -0.1) is 0 Å². The number of piperidine rings is 1. The van der Waals surface area contributed by atoms with Gasteiger partial charge in [0.1, 0.15) is 11.5 Å². The van der Waals surface area contributed by atoms with Gasteiger partial charge in [0.05, 0.1) is 0 Å². The third-order valence-corrected chi connectivity index (χ3v) is 6.10. The maximum atomic E-state index is 12.6. The first-order valence-corrected chi connectivity index (χ1v) is 11.5. The van der Waals surface area contributed by atoms with Gasteiger partial charge in [-0.3, -0.25) is 0 Å². The van der Waals surface area contributed by atoms with E-state index in [1.54, 1.807) is 24.3 Å². The third-order valence-electron chi connectivity index (χ3n) is 6.10. The molecule has 1 aliphatic heterocycles. The lowest BCUT2D eigenvalue weighted by molar-refractivity contribution is 0.200. The summed E-state index contributed by atoms with van der Waals surface area (Å²) >= 11 is 0. The van der Waals surface area contributed by atoms with Crippen molar-refractivity contribution in [1.82, 2.24) is 4.90 Å². The Hall–Kier alpha value is -3.73. The number of nitrogens with one attached hydrogen (secondary N) is 1. The average Bonchev–Trinajstić information content (AvgIpc) is 2.85. The highest BCUT2D eigenvalue weighted by molar-refractivity contribution is 5.99. The molecule has 4 rings (SSSR count). The number of anilines is 1. The fourth-order valence-corrected chi connectivity index (χ4v) is 4.35. The fourth-order valence-electron chi connectivity index (χ4n) is 4.35. The van der Waals surface area contributed by atoms with Gasteiger partial charge in [0.2, 0.25) is 0 Å². The minimum absolute atomic E-state index is 0.0462. The average molecular weight is 443 g/mol. The van der Waals surface area contributed by atoms with Crippen molar-refractivity contribution in [3.05, 3.63) is 89.5 Å². The molecule has 0 spiro atoms. The van der Waals surface area contributed by atoms with Gasteiger partial charge in [-0.05, 0) is 89.9 Å². The fraction of sp³-hybridized carbons (Fsp3) is 0.250. The Morgan fingerprint density at radius 1 is 0.758 bits per heavy atom. The molecule has 1 saturated heterocycles. The highest BCUT2D eigenvalue weighted by atomic mass is 16.3. The summed E-state index contributed by atoms with van der Waals surface area (Å²) in [4.78, 5) is 14.4. The maximum absolute atomic E-state index is 12.6. The van der Waals surface area contributed by atoms with Crippen LogP contribution in [0, 0.1) is 0 Å². The molecule has 1 aliphatic rings. The van der Waals surface area contributed by atoms with E-state index in [0.29, 0.717) is 0 Å². The van der Waals surface area contributed by atoms with Crippen LogP contribution in [0.2, 0.25) is 0 Å². The molecule has 33 heavy (non-hydrogen) atoms. The van der Waals surface area contributed by atoms with Crippen molar-refractivity contribution in [2.75, 3.05) is 18.4 Å². The molecule has 3 aromatic carbocycles. The van der Waals surface area contributed by atoms with E-state index >= 15 is 0 Å². The number of urea groups is 1. The van der Waals surface area contributed by atoms with E-state index in [4.69, 9.17) is 0 Å². The summed E-state index contributed by atoms with van der Waals surface area (Å²) in [5, 5.41) is 22.5. The topological polar surface area (TPSA) is 72.8 Å². The SMILES string of the molecule is CC/C(=C(/c1ccc(O)cc1)c1ccc(NC(=O)N2CCCCC2)cc1)c1ccc(O)cc1. The number of aromatic hydroxyl groups is 2. The number of allylic oxidation sites excluding steroid dienone is 1. The van der Waals surface area contributed by atoms with Crippen LogP contribution >= 0.6 is 0 Å². The predicted molar refractivity (Wildman–Crippen MR) is 133 cm³/mol. The van der Waals surface area contributed by atoms with Crippen molar-refractivity contribution in [3.63, 3.8) is 0 Å². The molecule has 5 nitrogen and oxygen atoms in total. The number of phenolic OH excluding ortho intramolecular Hbond substituents is 2. The number of nitrogens with zero attached hydrogens (tertiary/aromatic N) is 1. The van der Waals surface area contributed by atoms with Crippen LogP contribution in [-0.4, -0.2) is 34.2 Å². The minimum atomic E-state index is -0.0462. The van der Waals surface area contributed by atoms with Gasteiger partial charge >= 0.3 is 6.03 Å². The number of rotatable bonds is 5. The Morgan fingerprint density at radius 2 is 1.24 bits per heavy atom. The van der Waals surface area contributed by atoms with Crippen LogP contribution < -0.4 is 5.32 Å². The van der Waals surface area contributed by atoms with Gasteiger partial charge in [-0.2, -0.15) is 0 Å². The molecule has 3 aromatic rings. The summed E-state index contributed by atoms with van der Waals surface area (Å²) in [6.45, 7) is 3.73. The van der Waals surface area contributed by atoms with E-state index in [0.717, 1.165) is 65.9 Å². The third kappa shape index (κ3) is 5.37. The molecule has 170 valence electrons. The summed E-state index contributed by atoms with van der Waals surface area (Å²) in [6, 6.07) is 22.3. The van der Waals surface area contributed by atoms with Crippen molar-refractivity contribution >= 4 is 22.9 Å². The Morgan fingerprint density at radius 3 is 1.76 bits per heavy atom. The quantitative estimate of drug-likeness (QED) is 0.396. The number of carbonyl (C=O) groups is 1. The van der Waals surface area contributed by atoms with Gasteiger partial charge in [0, 0.05) is 18.8 Å². The van der Waals surface area contributed by atoms with Crippen LogP contribution in [0.5, 0.6) is 11.5 Å². The molecule has 0 aliphatic carbocycles. The summed E-state index contributed by atoms with van der Waals surface area (Å²) in [7, 11) is 0. The highest BCUT2D eigenvalue weighted by Gasteiger charge is 2.17. The highest BCUT2D eigenvalue weighted by Crippen LogP contribution is 2.36. The maximum Gasteiger partial charge on any atom is 0.321 e. The van der Waals surface area contributed by atoms with E-state index in [1.807, 2.05) is 53.4 Å². The Bertz CT molecular complexity index is 1110. The van der Waals surface area contributed by atoms with Crippen molar-refractivity contribution in [3.8, 4) is 11.5 Å². The molecule has 0 saturated carbocycles. The first-order chi connectivity index (χ1) is 16.0. The number of likely N-dealkylation sites (tertiary alicyclic amines) is 1. The molecule has 3 N–H and O–H groups in total. The standard InChI is InChI=1S/C28H30N2O3/c1-2-26(20-8-14-24(31)15-9-20)27(22-10-16-25(32)17-11-22)21-6-12-23(13-7-21)29-28(33)30-18-4-3-5-19-30/h6-17,31-32H,2-5,18-19H2,1H3,(H,29,33)/b27-26-. The zero-order chi connectivity index (χ0) is 23.2. The van der Waals surface area contributed by atoms with E-state index in [-0.39, 0.29) is 17.5 Å². The Labute approximate surface area is 195 Å². The van der Waals surface area contributed by atoms with E-state index in [9.17, 15) is 15.0 Å². The number of benzene rings is 3. The minimum Gasteiger partial charge on any atom is -0.508 e. The lowest BCUT2D eigenvalue weighted by atomic mass is 9.88. The van der Waals surface area contributed by atoms with Crippen molar-refractivity contribution in [1.29, 1.82) is 0 Å². The second kappa shape index (κ2) is 10.3. The number of phenols is 2. The Balaban J connectivity index is 1.69. The summed E-state index contributed by atoms with van der Waals surface area (Å²) in [5.74, 6) is 0.450. The molecular weight excluding hydrogens is 412 g/mol. The summed E-state index contributed by atoms with van der Waals surface area (Å²) in [6.07, 6.45) is 4.09. The second-order valence-corrected chi connectivity index (χ2v) is 8.36. The second-order valence-electron chi connectivity index (χ2n) is 8.36. The lowest BCUT2D eigenvalue weighted by Crippen LogP contribution is -2.38. The molecule has 1 fully saturated rings. The van der Waals surface area contributed by atoms with Gasteiger partial charge < -0.3 is 20.4 Å². The van der Waals surface area contributed by atoms with E-state index in [2.05, 4.69) is 12.2 Å². The molecule has 0 aromatic heterocycles. The first-order valence-electron chi connectivity index (χ1n) is 11.5. The molecule has 1 heterocycles. The summed E-state index contributed by atoms with van der Waals surface area (Å²) < 4.78 is 0. The van der Waals surface area contributed by atoms with Gasteiger partial charge in [-0.25, -0.2) is 4.79 Å². The lowest BCUT2D eigenvalue weighted by Gasteiger charge is -2.26. The molecule has 0 atom stereocenters. The van der Waals surface area contributed by atoms with Crippen LogP contribution in [0.3, 0.4) is 0 Å². The molecule has 0 bridgehead atoms. The number of hydrogen-bond donors (Lipinski definition) is 3. The molecule has 0 unspecified atom stereocenters. The van der Waals surface area contributed by atoms with Crippen molar-refractivity contribution in [2.45, 2.75) is 32.6 Å². The number of hydrogen-bond acceptors (Lipinski definition) is 3. The molecule has 0 radical (unpaired) electrons. The van der Waals surface area contributed by atoms with Crippen molar-refractivity contribution in [2.24, 2.45) is 0 Å². The number of amides is 2. The van der Waals surface area contributed by atoms with E-state index in [1.165, 1.54) is 6.42 Å². The van der Waals surface area contributed by atoms with Gasteiger partial charge in [0.15, 0.2) is 0 Å². The smallest absolute Gasteiger partial charge is 0.321 e. The van der Waals surface area contributed by atoms with Crippen LogP contribution in [0.1, 0.15) is 49.3 Å². The van der Waals surface area contributed by atoms with E-state index < -0.39 is 0 Å². The molecular formula is C28H30N2O3.